The maximum Gasteiger partial charge on any atom is 0.242 e. The van der Waals surface area contributed by atoms with Crippen LogP contribution < -0.4 is 15.4 Å². The van der Waals surface area contributed by atoms with E-state index in [9.17, 15) is 9.59 Å². The molecule has 3 heterocycles. The Hall–Kier alpha value is -2.78. The molecule has 4 rings (SSSR count). The number of methoxy groups -OCH3 is 1. The van der Waals surface area contributed by atoms with Gasteiger partial charge in [-0.1, -0.05) is 18.2 Å². The fourth-order valence-corrected chi connectivity index (χ4v) is 4.94. The number of rotatable bonds is 8. The van der Waals surface area contributed by atoms with Crippen LogP contribution in [-0.2, 0) is 40.6 Å². The second kappa shape index (κ2) is 9.36. The number of ether oxygens (including phenoxy) is 1. The van der Waals surface area contributed by atoms with E-state index >= 15 is 0 Å². The van der Waals surface area contributed by atoms with Crippen LogP contribution in [0.2, 0.25) is 0 Å². The molecule has 3 aromatic rings. The van der Waals surface area contributed by atoms with Crippen molar-refractivity contribution in [2.24, 2.45) is 0 Å². The standard InChI is InChI=1S/C21H22N4O3S2/c1-28-15-6-4-14(5-7-15)10-22-20(27)11-25-21(17-12-29-13-18(17)24-25)23-19(26)9-16-3-2-8-30-16/h2-8H,9-13H2,1H3,(H,22,27)(H,23,26). The van der Waals surface area contributed by atoms with Crippen molar-refractivity contribution in [3.05, 3.63) is 63.5 Å². The molecule has 0 saturated carbocycles. The van der Waals surface area contributed by atoms with E-state index in [0.29, 0.717) is 18.8 Å². The average molecular weight is 443 g/mol. The summed E-state index contributed by atoms with van der Waals surface area (Å²) in [6, 6.07) is 11.4. The average Bonchev–Trinajstić information content (AvgIpc) is 3.47. The lowest BCUT2D eigenvalue weighted by atomic mass is 10.2. The quantitative estimate of drug-likeness (QED) is 0.560. The Labute approximate surface area is 182 Å². The molecular weight excluding hydrogens is 420 g/mol. The number of thiophene rings is 1. The van der Waals surface area contributed by atoms with E-state index in [1.807, 2.05) is 41.8 Å². The van der Waals surface area contributed by atoms with Crippen molar-refractivity contribution >= 4 is 40.7 Å². The van der Waals surface area contributed by atoms with Gasteiger partial charge >= 0.3 is 0 Å². The number of nitrogens with one attached hydrogen (secondary N) is 2. The van der Waals surface area contributed by atoms with E-state index in [0.717, 1.165) is 39.0 Å². The topological polar surface area (TPSA) is 85.2 Å². The van der Waals surface area contributed by atoms with E-state index in [1.54, 1.807) is 34.9 Å². The van der Waals surface area contributed by atoms with Crippen molar-refractivity contribution in [1.29, 1.82) is 0 Å². The van der Waals surface area contributed by atoms with Crippen molar-refractivity contribution < 1.29 is 14.3 Å². The molecule has 1 aliphatic rings. The van der Waals surface area contributed by atoms with Crippen molar-refractivity contribution in [3.63, 3.8) is 0 Å². The number of amides is 2. The predicted molar refractivity (Wildman–Crippen MR) is 119 cm³/mol. The number of carbonyl (C=O) groups excluding carboxylic acids is 2. The molecule has 9 heteroatoms. The summed E-state index contributed by atoms with van der Waals surface area (Å²) in [5.41, 5.74) is 2.94. The third kappa shape index (κ3) is 4.85. The van der Waals surface area contributed by atoms with Crippen LogP contribution in [0.25, 0.3) is 0 Å². The van der Waals surface area contributed by atoms with Gasteiger partial charge < -0.3 is 15.4 Å². The second-order valence-corrected chi connectivity index (χ2v) is 8.87. The first-order valence-corrected chi connectivity index (χ1v) is 11.5. The van der Waals surface area contributed by atoms with Crippen LogP contribution in [0.3, 0.4) is 0 Å². The zero-order valence-corrected chi connectivity index (χ0v) is 18.1. The van der Waals surface area contributed by atoms with E-state index in [2.05, 4.69) is 15.7 Å². The number of nitrogens with zero attached hydrogens (tertiary/aromatic N) is 2. The molecule has 2 N–H and O–H groups in total. The van der Waals surface area contributed by atoms with Gasteiger partial charge in [-0.15, -0.1) is 11.3 Å². The highest BCUT2D eigenvalue weighted by Gasteiger charge is 2.25. The highest BCUT2D eigenvalue weighted by Crippen LogP contribution is 2.34. The summed E-state index contributed by atoms with van der Waals surface area (Å²) < 4.78 is 6.76. The molecule has 7 nitrogen and oxygen atoms in total. The van der Waals surface area contributed by atoms with Crippen LogP contribution in [0, 0.1) is 0 Å². The zero-order chi connectivity index (χ0) is 20.9. The molecule has 1 aliphatic heterocycles. The molecule has 0 fully saturated rings. The highest BCUT2D eigenvalue weighted by molar-refractivity contribution is 7.98. The van der Waals surface area contributed by atoms with Gasteiger partial charge in [0.15, 0.2) is 0 Å². The monoisotopic (exact) mass is 442 g/mol. The number of aromatic nitrogens is 2. The normalized spacial score (nSPS) is 12.4. The third-order valence-electron chi connectivity index (χ3n) is 4.73. The van der Waals surface area contributed by atoms with E-state index in [-0.39, 0.29) is 18.4 Å². The Morgan fingerprint density at radius 1 is 1.17 bits per heavy atom. The maximum atomic E-state index is 12.5. The molecule has 30 heavy (non-hydrogen) atoms. The molecule has 0 bridgehead atoms. The number of anilines is 1. The van der Waals surface area contributed by atoms with Crippen LogP contribution in [0.1, 0.15) is 21.7 Å². The minimum Gasteiger partial charge on any atom is -0.497 e. The van der Waals surface area contributed by atoms with E-state index in [4.69, 9.17) is 4.74 Å². The summed E-state index contributed by atoms with van der Waals surface area (Å²) in [6.07, 6.45) is 0.314. The SMILES string of the molecule is COc1ccc(CNC(=O)Cn2nc3c(c2NC(=O)Cc2cccs2)CSC3)cc1. The summed E-state index contributed by atoms with van der Waals surface area (Å²) in [6.45, 7) is 0.474. The van der Waals surface area contributed by atoms with Crippen molar-refractivity contribution in [2.75, 3.05) is 12.4 Å². The summed E-state index contributed by atoms with van der Waals surface area (Å²) in [5, 5.41) is 12.4. The first-order chi connectivity index (χ1) is 14.6. The molecule has 2 amide bonds. The van der Waals surface area contributed by atoms with Crippen LogP contribution in [-0.4, -0.2) is 28.7 Å². The summed E-state index contributed by atoms with van der Waals surface area (Å²) >= 11 is 3.31. The largest absolute Gasteiger partial charge is 0.497 e. The summed E-state index contributed by atoms with van der Waals surface area (Å²) in [5.74, 6) is 2.74. The molecule has 0 atom stereocenters. The highest BCUT2D eigenvalue weighted by atomic mass is 32.2. The van der Waals surface area contributed by atoms with Crippen LogP contribution >= 0.6 is 23.1 Å². The Morgan fingerprint density at radius 3 is 2.73 bits per heavy atom. The van der Waals surface area contributed by atoms with Crippen molar-refractivity contribution in [3.8, 4) is 5.75 Å². The first kappa shape index (κ1) is 20.5. The number of carbonyl (C=O) groups is 2. The van der Waals surface area contributed by atoms with Crippen LogP contribution in [0.5, 0.6) is 5.75 Å². The molecule has 0 spiro atoms. The lowest BCUT2D eigenvalue weighted by Crippen LogP contribution is -2.29. The lowest BCUT2D eigenvalue weighted by Gasteiger charge is -2.11. The number of hydrogen-bond acceptors (Lipinski definition) is 6. The van der Waals surface area contributed by atoms with Crippen LogP contribution in [0.4, 0.5) is 5.82 Å². The number of fused-ring (bicyclic) bond motifs is 1. The molecule has 1 aromatic carbocycles. The Morgan fingerprint density at radius 2 is 2.00 bits per heavy atom. The molecule has 0 saturated heterocycles. The number of thioether (sulfide) groups is 1. The smallest absolute Gasteiger partial charge is 0.242 e. The van der Waals surface area contributed by atoms with Gasteiger partial charge in [0.2, 0.25) is 11.8 Å². The molecular formula is C21H22N4O3S2. The van der Waals surface area contributed by atoms with Gasteiger partial charge in [0.1, 0.15) is 18.1 Å². The van der Waals surface area contributed by atoms with Crippen molar-refractivity contribution in [2.45, 2.75) is 31.0 Å². The third-order valence-corrected chi connectivity index (χ3v) is 6.58. The molecule has 156 valence electrons. The number of hydrogen-bond donors (Lipinski definition) is 2. The summed E-state index contributed by atoms with van der Waals surface area (Å²) in [7, 11) is 1.62. The van der Waals surface area contributed by atoms with Gasteiger partial charge in [-0.3, -0.25) is 9.59 Å². The second-order valence-electron chi connectivity index (χ2n) is 6.85. The molecule has 0 unspecified atom stereocenters. The molecule has 2 aromatic heterocycles. The first-order valence-electron chi connectivity index (χ1n) is 9.50. The van der Waals surface area contributed by atoms with E-state index < -0.39 is 0 Å². The van der Waals surface area contributed by atoms with Gasteiger partial charge in [0, 0.05) is 28.5 Å². The lowest BCUT2D eigenvalue weighted by molar-refractivity contribution is -0.122. The fraction of sp³-hybridized carbons (Fsp3) is 0.286. The summed E-state index contributed by atoms with van der Waals surface area (Å²) in [4.78, 5) is 26.0. The van der Waals surface area contributed by atoms with Gasteiger partial charge in [-0.05, 0) is 29.1 Å². The zero-order valence-electron chi connectivity index (χ0n) is 16.5. The Bertz CT molecular complexity index is 1030. The number of benzene rings is 1. The minimum absolute atomic E-state index is 0.0580. The van der Waals surface area contributed by atoms with Gasteiger partial charge in [-0.25, -0.2) is 4.68 Å². The minimum atomic E-state index is -0.159. The Balaban J connectivity index is 1.40. The van der Waals surface area contributed by atoms with Gasteiger partial charge in [0.25, 0.3) is 0 Å². The van der Waals surface area contributed by atoms with Gasteiger partial charge in [0.05, 0.1) is 19.2 Å². The maximum absolute atomic E-state index is 12.5. The predicted octanol–water partition coefficient (Wildman–Crippen LogP) is 3.20. The van der Waals surface area contributed by atoms with Gasteiger partial charge in [-0.2, -0.15) is 16.9 Å². The van der Waals surface area contributed by atoms with E-state index in [1.165, 1.54) is 0 Å². The molecule has 0 aliphatic carbocycles. The van der Waals surface area contributed by atoms with Crippen molar-refractivity contribution in [1.82, 2.24) is 15.1 Å². The Kier molecular flexibility index (Phi) is 6.39. The molecule has 0 radical (unpaired) electrons. The fourth-order valence-electron chi connectivity index (χ4n) is 3.20. The van der Waals surface area contributed by atoms with Crippen LogP contribution in [0.15, 0.2) is 41.8 Å².